The van der Waals surface area contributed by atoms with Gasteiger partial charge in [0.1, 0.15) is 5.58 Å². The highest BCUT2D eigenvalue weighted by molar-refractivity contribution is 5.95. The van der Waals surface area contributed by atoms with Gasteiger partial charge < -0.3 is 14.7 Å². The molecule has 31 heavy (non-hydrogen) atoms. The lowest BCUT2D eigenvalue weighted by molar-refractivity contribution is 0.0954. The van der Waals surface area contributed by atoms with Crippen LogP contribution in [0.15, 0.2) is 94.3 Å². The van der Waals surface area contributed by atoms with Gasteiger partial charge in [-0.25, -0.2) is 4.79 Å². The van der Waals surface area contributed by atoms with Crippen LogP contribution in [0, 0.1) is 0 Å². The first-order valence-electron chi connectivity index (χ1n) is 10.2. The predicted molar refractivity (Wildman–Crippen MR) is 122 cm³/mol. The Labute approximate surface area is 178 Å². The first-order chi connectivity index (χ1) is 15.2. The van der Waals surface area contributed by atoms with Crippen LogP contribution >= 0.6 is 0 Å². The second-order valence-corrected chi connectivity index (χ2v) is 7.43. The smallest absolute Gasteiger partial charge is 0.344 e. The molecule has 0 aliphatic rings. The Morgan fingerprint density at radius 3 is 2.71 bits per heavy atom. The maximum absolute atomic E-state index is 12.7. The van der Waals surface area contributed by atoms with Crippen molar-refractivity contribution in [3.05, 3.63) is 107 Å². The Morgan fingerprint density at radius 2 is 1.77 bits per heavy atom. The molecule has 5 nitrogen and oxygen atoms in total. The van der Waals surface area contributed by atoms with Gasteiger partial charge in [-0.05, 0) is 47.9 Å². The molecule has 5 heteroatoms. The Morgan fingerprint density at radius 1 is 0.935 bits per heavy atom. The summed E-state index contributed by atoms with van der Waals surface area (Å²) in [7, 11) is 0. The lowest BCUT2D eigenvalue weighted by Gasteiger charge is -2.07. The molecular weight excluding hydrogens is 388 g/mol. The van der Waals surface area contributed by atoms with Crippen molar-refractivity contribution >= 4 is 27.8 Å². The quantitative estimate of drug-likeness (QED) is 0.406. The molecule has 0 bridgehead atoms. The van der Waals surface area contributed by atoms with Crippen LogP contribution in [0.25, 0.3) is 33.0 Å². The molecule has 1 amide bonds. The van der Waals surface area contributed by atoms with Crippen molar-refractivity contribution in [1.82, 2.24) is 10.3 Å². The van der Waals surface area contributed by atoms with Crippen LogP contribution in [0.5, 0.6) is 0 Å². The van der Waals surface area contributed by atoms with E-state index in [0.717, 1.165) is 17.3 Å². The fraction of sp³-hybridized carbons (Fsp3) is 0.0769. The van der Waals surface area contributed by atoms with Crippen molar-refractivity contribution in [3.8, 4) is 11.1 Å². The molecule has 2 aromatic heterocycles. The minimum atomic E-state index is -0.421. The number of carbonyl (C=O) groups is 1. The van der Waals surface area contributed by atoms with Crippen LogP contribution in [0.3, 0.4) is 0 Å². The number of nitrogens with one attached hydrogen (secondary N) is 2. The van der Waals surface area contributed by atoms with Crippen molar-refractivity contribution in [2.45, 2.75) is 6.42 Å². The number of para-hydroxylation sites is 2. The van der Waals surface area contributed by atoms with Gasteiger partial charge in [0, 0.05) is 34.6 Å². The van der Waals surface area contributed by atoms with Gasteiger partial charge in [0.05, 0.1) is 5.56 Å². The average molecular weight is 408 g/mol. The third-order valence-electron chi connectivity index (χ3n) is 5.43. The Hall–Kier alpha value is -4.12. The molecule has 0 fully saturated rings. The van der Waals surface area contributed by atoms with Gasteiger partial charge in [-0.15, -0.1) is 0 Å². The standard InChI is InChI=1S/C26H20N2O3/c29-25(27-13-12-20-16-28-23-10-3-2-9-21(20)23)19-8-5-7-17(14-19)22-15-18-6-1-4-11-24(18)31-26(22)30/h1-11,14-16,28H,12-13H2,(H,27,29). The van der Waals surface area contributed by atoms with E-state index >= 15 is 0 Å². The summed E-state index contributed by atoms with van der Waals surface area (Å²) in [6.07, 6.45) is 2.71. The molecule has 152 valence electrons. The topological polar surface area (TPSA) is 75.1 Å². The molecule has 0 radical (unpaired) electrons. The van der Waals surface area contributed by atoms with Crippen LogP contribution in [0.2, 0.25) is 0 Å². The lowest BCUT2D eigenvalue weighted by Crippen LogP contribution is -2.25. The Kier molecular flexibility index (Phi) is 4.84. The molecule has 0 saturated carbocycles. The zero-order valence-corrected chi connectivity index (χ0v) is 16.7. The molecule has 0 spiro atoms. The van der Waals surface area contributed by atoms with Gasteiger partial charge in [-0.1, -0.05) is 48.5 Å². The average Bonchev–Trinajstić information content (AvgIpc) is 3.22. The summed E-state index contributed by atoms with van der Waals surface area (Å²) in [5.41, 5.74) is 3.97. The number of rotatable bonds is 5. The summed E-state index contributed by atoms with van der Waals surface area (Å²) in [5, 5.41) is 4.98. The van der Waals surface area contributed by atoms with Crippen molar-refractivity contribution in [3.63, 3.8) is 0 Å². The number of hydrogen-bond donors (Lipinski definition) is 2. The molecule has 0 aliphatic carbocycles. The maximum Gasteiger partial charge on any atom is 0.344 e. The summed E-state index contributed by atoms with van der Waals surface area (Å²) >= 11 is 0. The van der Waals surface area contributed by atoms with Gasteiger partial charge in [-0.3, -0.25) is 4.79 Å². The van der Waals surface area contributed by atoms with Gasteiger partial charge in [0.2, 0.25) is 0 Å². The Bertz CT molecular complexity index is 1460. The van der Waals surface area contributed by atoms with Crippen molar-refractivity contribution in [2.24, 2.45) is 0 Å². The lowest BCUT2D eigenvalue weighted by atomic mass is 10.0. The number of amides is 1. The van der Waals surface area contributed by atoms with Crippen LogP contribution in [0.1, 0.15) is 15.9 Å². The molecule has 0 aliphatic heterocycles. The number of hydrogen-bond acceptors (Lipinski definition) is 3. The van der Waals surface area contributed by atoms with E-state index in [-0.39, 0.29) is 5.91 Å². The predicted octanol–water partition coefficient (Wildman–Crippen LogP) is 4.91. The number of H-pyrrole nitrogens is 1. The fourth-order valence-electron chi connectivity index (χ4n) is 3.84. The monoisotopic (exact) mass is 408 g/mol. The van der Waals surface area contributed by atoms with Crippen LogP contribution < -0.4 is 10.9 Å². The molecule has 0 atom stereocenters. The van der Waals surface area contributed by atoms with E-state index in [0.29, 0.717) is 28.8 Å². The van der Waals surface area contributed by atoms with Crippen LogP contribution in [0.4, 0.5) is 0 Å². The summed E-state index contributed by atoms with van der Waals surface area (Å²) in [4.78, 5) is 28.4. The van der Waals surface area contributed by atoms with E-state index in [4.69, 9.17) is 4.42 Å². The van der Waals surface area contributed by atoms with Crippen molar-refractivity contribution in [2.75, 3.05) is 6.54 Å². The second kappa shape index (κ2) is 7.95. The van der Waals surface area contributed by atoms with E-state index in [2.05, 4.69) is 16.4 Å². The first kappa shape index (κ1) is 18.9. The normalized spacial score (nSPS) is 11.1. The minimum absolute atomic E-state index is 0.174. The molecule has 0 unspecified atom stereocenters. The molecule has 3 aromatic carbocycles. The molecule has 2 heterocycles. The summed E-state index contributed by atoms with van der Waals surface area (Å²) in [6, 6.07) is 24.3. The van der Waals surface area contributed by atoms with Crippen molar-refractivity contribution in [1.29, 1.82) is 0 Å². The maximum atomic E-state index is 12.7. The van der Waals surface area contributed by atoms with Gasteiger partial charge >= 0.3 is 5.63 Å². The zero-order valence-electron chi connectivity index (χ0n) is 16.7. The summed E-state index contributed by atoms with van der Waals surface area (Å²) in [6.45, 7) is 0.517. The highest BCUT2D eigenvalue weighted by Gasteiger charge is 2.11. The number of aromatic amines is 1. The molecule has 5 rings (SSSR count). The molecular formula is C26H20N2O3. The molecule has 0 saturated heterocycles. The summed E-state index contributed by atoms with van der Waals surface area (Å²) < 4.78 is 5.43. The Balaban J connectivity index is 1.33. The number of fused-ring (bicyclic) bond motifs is 2. The van der Waals surface area contributed by atoms with E-state index in [1.54, 1.807) is 30.3 Å². The van der Waals surface area contributed by atoms with E-state index in [1.165, 1.54) is 10.9 Å². The number of carbonyl (C=O) groups excluding carboxylic acids is 1. The van der Waals surface area contributed by atoms with Gasteiger partial charge in [0.25, 0.3) is 5.91 Å². The highest BCUT2D eigenvalue weighted by atomic mass is 16.4. The largest absolute Gasteiger partial charge is 0.422 e. The fourth-order valence-corrected chi connectivity index (χ4v) is 3.84. The second-order valence-electron chi connectivity index (χ2n) is 7.43. The van der Waals surface area contributed by atoms with Crippen LogP contribution in [-0.4, -0.2) is 17.4 Å². The van der Waals surface area contributed by atoms with Crippen molar-refractivity contribution < 1.29 is 9.21 Å². The SMILES string of the molecule is O=C(NCCc1c[nH]c2ccccc12)c1cccc(-c2cc3ccccc3oc2=O)c1. The molecule has 2 N–H and O–H groups in total. The first-order valence-corrected chi connectivity index (χ1v) is 10.2. The molecule has 5 aromatic rings. The van der Waals surface area contributed by atoms with E-state index < -0.39 is 5.63 Å². The summed E-state index contributed by atoms with van der Waals surface area (Å²) in [5.74, 6) is -0.174. The van der Waals surface area contributed by atoms with Gasteiger partial charge in [-0.2, -0.15) is 0 Å². The minimum Gasteiger partial charge on any atom is -0.422 e. The van der Waals surface area contributed by atoms with Gasteiger partial charge in [0.15, 0.2) is 0 Å². The van der Waals surface area contributed by atoms with E-state index in [1.807, 2.05) is 48.7 Å². The van der Waals surface area contributed by atoms with Crippen LogP contribution in [-0.2, 0) is 6.42 Å². The third kappa shape index (κ3) is 3.73. The number of benzene rings is 3. The third-order valence-corrected chi connectivity index (χ3v) is 5.43. The number of aromatic nitrogens is 1. The zero-order chi connectivity index (χ0) is 21.2. The van der Waals surface area contributed by atoms with E-state index in [9.17, 15) is 9.59 Å². The highest BCUT2D eigenvalue weighted by Crippen LogP contribution is 2.22.